The summed E-state index contributed by atoms with van der Waals surface area (Å²) in [5, 5.41) is 1.57. The number of benzene rings is 2. The monoisotopic (exact) mass is 493 g/mol. The van der Waals surface area contributed by atoms with E-state index in [9.17, 15) is 27.6 Å². The molecule has 0 unspecified atom stereocenters. The van der Waals surface area contributed by atoms with Gasteiger partial charge in [0.15, 0.2) is 0 Å². The molecule has 7 nitrogen and oxygen atoms in total. The molecule has 11 heteroatoms. The molecule has 2 heterocycles. The van der Waals surface area contributed by atoms with Crippen molar-refractivity contribution in [1.82, 2.24) is 5.32 Å². The average molecular weight is 493 g/mol. The number of methoxy groups -OCH3 is 1. The number of imide groups is 1. The minimum Gasteiger partial charge on any atom is -0.492 e. The van der Waals surface area contributed by atoms with Gasteiger partial charge in [-0.15, -0.1) is 13.2 Å². The number of hydrogen-bond donors (Lipinski definition) is 1. The number of fused-ring (bicyclic) bond motifs is 1. The molecule has 2 aliphatic rings. The Balaban J connectivity index is 1.94. The Kier molecular flexibility index (Phi) is 5.84. The third-order valence-electron chi connectivity index (χ3n) is 5.28. The fourth-order valence-corrected chi connectivity index (χ4v) is 4.37. The van der Waals surface area contributed by atoms with Crippen molar-refractivity contribution >= 4 is 35.0 Å². The normalized spacial score (nSPS) is 17.9. The number of halogens is 3. The zero-order valence-electron chi connectivity index (χ0n) is 18.2. The van der Waals surface area contributed by atoms with Gasteiger partial charge in [-0.05, 0) is 47.7 Å². The second-order valence-corrected chi connectivity index (χ2v) is 9.24. The second kappa shape index (κ2) is 8.39. The first-order valence-electron chi connectivity index (χ1n) is 9.92. The maximum atomic E-state index is 13.2. The maximum absolute atomic E-state index is 13.2. The van der Waals surface area contributed by atoms with Gasteiger partial charge in [0, 0.05) is 22.1 Å². The standard InChI is InChI=1S/C23H18F3NO6S/c1-22(2)10-32-18-14(8-12(9-15(18)22)20(29)31-3)13-6-11(4-5-16(13)33-23(24,25)26)7-17-19(28)27-21(30)34-17/h4-9H,10H2,1-3H3,(H,27,28,30)/b17-7-. The largest absolute Gasteiger partial charge is 0.573 e. The molecule has 0 saturated carbocycles. The number of amides is 2. The lowest BCUT2D eigenvalue weighted by atomic mass is 9.84. The van der Waals surface area contributed by atoms with Crippen LogP contribution >= 0.6 is 11.8 Å². The number of carbonyl (C=O) groups is 3. The Morgan fingerprint density at radius 1 is 1.18 bits per heavy atom. The van der Waals surface area contributed by atoms with Crippen molar-refractivity contribution in [3.63, 3.8) is 0 Å². The van der Waals surface area contributed by atoms with Crippen LogP contribution in [-0.4, -0.2) is 37.2 Å². The number of rotatable bonds is 4. The number of hydrogen-bond acceptors (Lipinski definition) is 7. The highest BCUT2D eigenvalue weighted by molar-refractivity contribution is 8.18. The molecule has 1 saturated heterocycles. The molecule has 2 aromatic rings. The number of nitrogens with one attached hydrogen (secondary N) is 1. The predicted molar refractivity (Wildman–Crippen MR) is 118 cm³/mol. The van der Waals surface area contributed by atoms with E-state index < -0.39 is 34.6 Å². The molecule has 0 spiro atoms. The first-order chi connectivity index (χ1) is 15.9. The fourth-order valence-electron chi connectivity index (χ4n) is 3.69. The topological polar surface area (TPSA) is 90.9 Å². The molecule has 1 fully saturated rings. The highest BCUT2D eigenvalue weighted by Gasteiger charge is 2.37. The zero-order chi connectivity index (χ0) is 24.8. The van der Waals surface area contributed by atoms with Crippen molar-refractivity contribution < 1.29 is 41.8 Å². The van der Waals surface area contributed by atoms with Gasteiger partial charge in [-0.2, -0.15) is 0 Å². The summed E-state index contributed by atoms with van der Waals surface area (Å²) in [6, 6.07) is 6.77. The van der Waals surface area contributed by atoms with E-state index in [1.165, 1.54) is 31.4 Å². The molecular weight excluding hydrogens is 475 g/mol. The minimum absolute atomic E-state index is 0.0129. The minimum atomic E-state index is -4.98. The third-order valence-corrected chi connectivity index (χ3v) is 6.09. The van der Waals surface area contributed by atoms with Gasteiger partial charge in [-0.25, -0.2) is 4.79 Å². The summed E-state index contributed by atoms with van der Waals surface area (Å²) in [6.07, 6.45) is -3.60. The van der Waals surface area contributed by atoms with E-state index in [0.717, 1.165) is 6.07 Å². The second-order valence-electron chi connectivity index (χ2n) is 8.22. The van der Waals surface area contributed by atoms with Gasteiger partial charge >= 0.3 is 12.3 Å². The number of alkyl halides is 3. The van der Waals surface area contributed by atoms with Gasteiger partial charge in [-0.1, -0.05) is 19.9 Å². The van der Waals surface area contributed by atoms with Crippen molar-refractivity contribution in [1.29, 1.82) is 0 Å². The van der Waals surface area contributed by atoms with Crippen molar-refractivity contribution in [2.45, 2.75) is 25.6 Å². The van der Waals surface area contributed by atoms with Crippen molar-refractivity contribution in [3.8, 4) is 22.6 Å². The fraction of sp³-hybridized carbons (Fsp3) is 0.261. The summed E-state index contributed by atoms with van der Waals surface area (Å²) in [5.74, 6) is -1.48. The first-order valence-corrected chi connectivity index (χ1v) is 10.7. The molecular formula is C23H18F3NO6S. The third kappa shape index (κ3) is 4.60. The smallest absolute Gasteiger partial charge is 0.492 e. The molecule has 2 aromatic carbocycles. The molecule has 0 radical (unpaired) electrons. The molecule has 2 aliphatic heterocycles. The van der Waals surface area contributed by atoms with Gasteiger partial charge in [-0.3, -0.25) is 14.9 Å². The number of ether oxygens (including phenoxy) is 3. The van der Waals surface area contributed by atoms with E-state index in [1.807, 2.05) is 13.8 Å². The van der Waals surface area contributed by atoms with Crippen molar-refractivity contribution in [3.05, 3.63) is 51.9 Å². The van der Waals surface area contributed by atoms with Crippen LogP contribution in [0.2, 0.25) is 0 Å². The van der Waals surface area contributed by atoms with Crippen LogP contribution in [0.4, 0.5) is 18.0 Å². The molecule has 4 rings (SSSR count). The molecule has 34 heavy (non-hydrogen) atoms. The summed E-state index contributed by atoms with van der Waals surface area (Å²) >= 11 is 0.678. The molecule has 0 bridgehead atoms. The lowest BCUT2D eigenvalue weighted by Crippen LogP contribution is -2.18. The summed E-state index contributed by atoms with van der Waals surface area (Å²) in [4.78, 5) is 35.8. The first kappa shape index (κ1) is 23.7. The summed E-state index contributed by atoms with van der Waals surface area (Å²) in [5.41, 5.74) is 0.767. The molecule has 0 aliphatic carbocycles. The van der Waals surface area contributed by atoms with E-state index in [2.05, 4.69) is 10.1 Å². The SMILES string of the molecule is COC(=O)c1cc(-c2cc(/C=C3\SC(=O)NC3=O)ccc2OC(F)(F)F)c2c(c1)C(C)(C)CO2. The maximum Gasteiger partial charge on any atom is 0.573 e. The molecule has 0 aromatic heterocycles. The molecule has 2 amide bonds. The Labute approximate surface area is 196 Å². The lowest BCUT2D eigenvalue weighted by Gasteiger charge is -2.19. The Morgan fingerprint density at radius 2 is 1.91 bits per heavy atom. The average Bonchev–Trinajstić information content (AvgIpc) is 3.24. The highest BCUT2D eigenvalue weighted by atomic mass is 32.2. The van der Waals surface area contributed by atoms with Crippen LogP contribution in [0.25, 0.3) is 17.2 Å². The van der Waals surface area contributed by atoms with E-state index in [-0.39, 0.29) is 28.2 Å². The summed E-state index contributed by atoms with van der Waals surface area (Å²) in [7, 11) is 1.20. The predicted octanol–water partition coefficient (Wildman–Crippen LogP) is 5.03. The Hall–Kier alpha value is -3.47. The Bertz CT molecular complexity index is 1250. The zero-order valence-corrected chi connectivity index (χ0v) is 19.0. The van der Waals surface area contributed by atoms with Gasteiger partial charge in [0.25, 0.3) is 11.1 Å². The molecule has 178 valence electrons. The van der Waals surface area contributed by atoms with E-state index in [0.29, 0.717) is 28.6 Å². The van der Waals surface area contributed by atoms with Crippen LogP contribution in [-0.2, 0) is 14.9 Å². The van der Waals surface area contributed by atoms with Crippen molar-refractivity contribution in [2.24, 2.45) is 0 Å². The van der Waals surface area contributed by atoms with Crippen LogP contribution in [0, 0.1) is 0 Å². The highest BCUT2D eigenvalue weighted by Crippen LogP contribution is 2.48. The number of carbonyl (C=O) groups excluding carboxylic acids is 3. The number of thioether (sulfide) groups is 1. The Morgan fingerprint density at radius 3 is 2.53 bits per heavy atom. The summed E-state index contributed by atoms with van der Waals surface area (Å²) < 4.78 is 54.5. The van der Waals surface area contributed by atoms with E-state index in [4.69, 9.17) is 9.47 Å². The van der Waals surface area contributed by atoms with Gasteiger partial charge in [0.1, 0.15) is 11.5 Å². The molecule has 0 atom stereocenters. The van der Waals surface area contributed by atoms with Gasteiger partial charge in [0.05, 0.1) is 24.2 Å². The summed E-state index contributed by atoms with van der Waals surface area (Å²) in [6.45, 7) is 4.01. The van der Waals surface area contributed by atoms with Crippen LogP contribution in [0.1, 0.15) is 35.3 Å². The quantitative estimate of drug-likeness (QED) is 0.472. The van der Waals surface area contributed by atoms with Crippen LogP contribution in [0.5, 0.6) is 11.5 Å². The van der Waals surface area contributed by atoms with Crippen LogP contribution in [0.3, 0.4) is 0 Å². The van der Waals surface area contributed by atoms with Crippen molar-refractivity contribution in [2.75, 3.05) is 13.7 Å². The molecule has 1 N–H and O–H groups in total. The van der Waals surface area contributed by atoms with Crippen LogP contribution < -0.4 is 14.8 Å². The van der Waals surface area contributed by atoms with Gasteiger partial charge in [0.2, 0.25) is 0 Å². The van der Waals surface area contributed by atoms with E-state index in [1.54, 1.807) is 6.07 Å². The van der Waals surface area contributed by atoms with Gasteiger partial charge < -0.3 is 14.2 Å². The van der Waals surface area contributed by atoms with E-state index >= 15 is 0 Å². The number of esters is 1. The lowest BCUT2D eigenvalue weighted by molar-refractivity contribution is -0.274. The van der Waals surface area contributed by atoms with Crippen LogP contribution in [0.15, 0.2) is 35.2 Å².